The van der Waals surface area contributed by atoms with Crippen LogP contribution in [-0.4, -0.2) is 26.2 Å². The number of thioether (sulfide) groups is 1. The lowest BCUT2D eigenvalue weighted by Crippen LogP contribution is -2.23. The van der Waals surface area contributed by atoms with Crippen molar-refractivity contribution >= 4 is 45.3 Å². The van der Waals surface area contributed by atoms with Crippen molar-refractivity contribution in [2.24, 2.45) is 0 Å². The predicted molar refractivity (Wildman–Crippen MR) is 119 cm³/mol. The molecule has 2 N–H and O–H groups in total. The number of hydrogen-bond acceptors (Lipinski definition) is 4. The number of benzene rings is 2. The number of anilines is 1. The highest BCUT2D eigenvalue weighted by atomic mass is 32.2. The van der Waals surface area contributed by atoms with E-state index in [9.17, 15) is 9.59 Å². The number of aromatic nitrogens is 3. The van der Waals surface area contributed by atoms with Gasteiger partial charge in [-0.15, -0.1) is 0 Å². The van der Waals surface area contributed by atoms with Crippen LogP contribution in [-0.2, 0) is 17.8 Å². The molecule has 1 amide bonds. The van der Waals surface area contributed by atoms with Crippen molar-refractivity contribution in [3.8, 4) is 0 Å². The third-order valence-corrected chi connectivity index (χ3v) is 5.85. The van der Waals surface area contributed by atoms with Crippen molar-refractivity contribution in [3.05, 3.63) is 64.4 Å². The molecule has 29 heavy (non-hydrogen) atoms. The Labute approximate surface area is 172 Å². The fraction of sp³-hybridized carbons (Fsp3) is 0.227. The Morgan fingerprint density at radius 1 is 1.14 bits per heavy atom. The summed E-state index contributed by atoms with van der Waals surface area (Å²) in [6, 6.07) is 15.5. The minimum absolute atomic E-state index is 0.119. The molecule has 2 heterocycles. The molecule has 0 bridgehead atoms. The highest BCUT2D eigenvalue weighted by molar-refractivity contribution is 7.99. The summed E-state index contributed by atoms with van der Waals surface area (Å²) in [5.74, 6) is 0.0470. The first-order valence-corrected chi connectivity index (χ1v) is 10.6. The number of aryl methyl sites for hydroxylation is 1. The topological polar surface area (TPSA) is 79.8 Å². The summed E-state index contributed by atoms with van der Waals surface area (Å²) >= 11 is 1.27. The van der Waals surface area contributed by atoms with E-state index in [0.29, 0.717) is 22.7 Å². The van der Waals surface area contributed by atoms with Crippen molar-refractivity contribution < 1.29 is 4.79 Å². The molecule has 0 radical (unpaired) electrons. The Hall–Kier alpha value is -3.06. The van der Waals surface area contributed by atoms with E-state index >= 15 is 0 Å². The molecule has 0 atom stereocenters. The van der Waals surface area contributed by atoms with Gasteiger partial charge in [0.15, 0.2) is 5.16 Å². The van der Waals surface area contributed by atoms with Crippen LogP contribution in [0.2, 0.25) is 0 Å². The Kier molecular flexibility index (Phi) is 5.40. The molecule has 0 saturated heterocycles. The minimum atomic E-state index is -0.129. The maximum atomic E-state index is 12.9. The number of aromatic amines is 1. The molecule has 4 aromatic rings. The van der Waals surface area contributed by atoms with E-state index in [2.05, 4.69) is 17.2 Å². The van der Waals surface area contributed by atoms with Crippen LogP contribution in [0.25, 0.3) is 21.9 Å². The normalized spacial score (nSPS) is 11.2. The molecule has 0 fully saturated rings. The van der Waals surface area contributed by atoms with Crippen LogP contribution in [0.4, 0.5) is 5.69 Å². The summed E-state index contributed by atoms with van der Waals surface area (Å²) in [5, 5.41) is 4.35. The van der Waals surface area contributed by atoms with Gasteiger partial charge >= 0.3 is 0 Å². The lowest BCUT2D eigenvalue weighted by atomic mass is 10.1. The molecule has 0 unspecified atom stereocenters. The van der Waals surface area contributed by atoms with Gasteiger partial charge in [0.1, 0.15) is 11.0 Å². The molecule has 6 nitrogen and oxygen atoms in total. The number of hydrogen-bond donors (Lipinski definition) is 2. The van der Waals surface area contributed by atoms with Gasteiger partial charge in [-0.3, -0.25) is 14.2 Å². The molecule has 0 aliphatic carbocycles. The van der Waals surface area contributed by atoms with E-state index < -0.39 is 0 Å². The van der Waals surface area contributed by atoms with Crippen molar-refractivity contribution in [2.75, 3.05) is 11.1 Å². The Morgan fingerprint density at radius 3 is 2.62 bits per heavy atom. The van der Waals surface area contributed by atoms with E-state index in [1.165, 1.54) is 17.3 Å². The highest BCUT2D eigenvalue weighted by Crippen LogP contribution is 2.24. The van der Waals surface area contributed by atoms with E-state index in [4.69, 9.17) is 4.98 Å². The van der Waals surface area contributed by atoms with E-state index in [1.54, 1.807) is 4.57 Å². The quantitative estimate of drug-likeness (QED) is 0.372. The summed E-state index contributed by atoms with van der Waals surface area (Å²) in [7, 11) is 0. The first kappa shape index (κ1) is 19.3. The minimum Gasteiger partial charge on any atom is -0.349 e. The molecule has 2 aromatic carbocycles. The standard InChI is InChI=1S/C22H22N4O2S/c1-3-14-9-11-15(12-10-14)23-18(27)13-29-22-25-19-16-7-5-6-8-17(16)24-20(19)21(28)26(22)4-2/h5-12,24H,3-4,13H2,1-2H3,(H,23,27). The van der Waals surface area contributed by atoms with Gasteiger partial charge in [-0.2, -0.15) is 0 Å². The summed E-state index contributed by atoms with van der Waals surface area (Å²) < 4.78 is 1.60. The van der Waals surface area contributed by atoms with Crippen molar-refractivity contribution in [3.63, 3.8) is 0 Å². The second-order valence-corrected chi connectivity index (χ2v) is 7.67. The van der Waals surface area contributed by atoms with Gasteiger partial charge in [0.25, 0.3) is 5.56 Å². The average molecular weight is 407 g/mol. The highest BCUT2D eigenvalue weighted by Gasteiger charge is 2.16. The number of nitrogens with zero attached hydrogens (tertiary/aromatic N) is 2. The third-order valence-electron chi connectivity index (χ3n) is 4.87. The summed E-state index contributed by atoms with van der Waals surface area (Å²) in [4.78, 5) is 33.2. The molecule has 0 saturated carbocycles. The molecule has 7 heteroatoms. The number of carbonyl (C=O) groups excluding carboxylic acids is 1. The fourth-order valence-corrected chi connectivity index (χ4v) is 4.17. The van der Waals surface area contributed by atoms with Crippen molar-refractivity contribution in [1.82, 2.24) is 14.5 Å². The van der Waals surface area contributed by atoms with Crippen LogP contribution < -0.4 is 10.9 Å². The average Bonchev–Trinajstić information content (AvgIpc) is 3.12. The van der Waals surface area contributed by atoms with Crippen molar-refractivity contribution in [1.29, 1.82) is 0 Å². The number of carbonyl (C=O) groups is 1. The summed E-state index contributed by atoms with van der Waals surface area (Å²) in [6.07, 6.45) is 0.959. The zero-order valence-electron chi connectivity index (χ0n) is 16.4. The molecular formula is C22H22N4O2S. The molecule has 0 spiro atoms. The SMILES string of the molecule is CCc1ccc(NC(=O)CSc2nc3c([nH]c4ccccc43)c(=O)n2CC)cc1. The first-order valence-electron chi connectivity index (χ1n) is 9.63. The Bertz CT molecular complexity index is 1240. The van der Waals surface area contributed by atoms with Gasteiger partial charge in [0.05, 0.1) is 5.75 Å². The Balaban J connectivity index is 1.58. The van der Waals surface area contributed by atoms with Gasteiger partial charge in [0, 0.05) is 23.1 Å². The summed E-state index contributed by atoms with van der Waals surface area (Å²) in [5.41, 5.74) is 3.89. The van der Waals surface area contributed by atoms with Crippen LogP contribution >= 0.6 is 11.8 Å². The smallest absolute Gasteiger partial charge is 0.278 e. The van der Waals surface area contributed by atoms with E-state index in [-0.39, 0.29) is 17.2 Å². The third kappa shape index (κ3) is 3.78. The van der Waals surface area contributed by atoms with Crippen LogP contribution in [0.15, 0.2) is 58.5 Å². The van der Waals surface area contributed by atoms with Gasteiger partial charge in [-0.05, 0) is 37.1 Å². The fourth-order valence-electron chi connectivity index (χ4n) is 3.32. The van der Waals surface area contributed by atoms with E-state index in [1.807, 2.05) is 55.5 Å². The van der Waals surface area contributed by atoms with Crippen LogP contribution in [0, 0.1) is 0 Å². The first-order chi connectivity index (χ1) is 14.1. The lowest BCUT2D eigenvalue weighted by Gasteiger charge is -2.10. The number of H-pyrrole nitrogens is 1. The molecular weight excluding hydrogens is 384 g/mol. The lowest BCUT2D eigenvalue weighted by molar-refractivity contribution is -0.113. The van der Waals surface area contributed by atoms with Gasteiger partial charge in [-0.25, -0.2) is 4.98 Å². The van der Waals surface area contributed by atoms with Crippen molar-refractivity contribution in [2.45, 2.75) is 32.0 Å². The Morgan fingerprint density at radius 2 is 1.90 bits per heavy atom. The zero-order chi connectivity index (χ0) is 20.4. The maximum Gasteiger partial charge on any atom is 0.278 e. The number of fused-ring (bicyclic) bond motifs is 3. The van der Waals surface area contributed by atoms with Gasteiger partial charge in [0.2, 0.25) is 5.91 Å². The molecule has 4 rings (SSSR count). The van der Waals surface area contributed by atoms with Gasteiger partial charge < -0.3 is 10.3 Å². The number of nitrogens with one attached hydrogen (secondary N) is 2. The molecule has 0 aliphatic rings. The summed E-state index contributed by atoms with van der Waals surface area (Å²) in [6.45, 7) is 4.48. The number of rotatable bonds is 6. The molecule has 2 aromatic heterocycles. The predicted octanol–water partition coefficient (Wildman–Crippen LogP) is 4.19. The maximum absolute atomic E-state index is 12.9. The molecule has 148 valence electrons. The number of para-hydroxylation sites is 1. The largest absolute Gasteiger partial charge is 0.349 e. The van der Waals surface area contributed by atoms with Gasteiger partial charge in [-0.1, -0.05) is 49.0 Å². The van der Waals surface area contributed by atoms with Crippen LogP contribution in [0.1, 0.15) is 19.4 Å². The molecule has 0 aliphatic heterocycles. The monoisotopic (exact) mass is 406 g/mol. The zero-order valence-corrected chi connectivity index (χ0v) is 17.2. The second kappa shape index (κ2) is 8.13. The van der Waals surface area contributed by atoms with Crippen LogP contribution in [0.3, 0.4) is 0 Å². The van der Waals surface area contributed by atoms with E-state index in [0.717, 1.165) is 23.0 Å². The number of amides is 1. The van der Waals surface area contributed by atoms with Crippen LogP contribution in [0.5, 0.6) is 0 Å². The second-order valence-electron chi connectivity index (χ2n) is 6.73.